The number of carbonyl (C=O) groups is 1. The molecule has 2 aliphatic heterocycles. The average Bonchev–Trinajstić information content (AvgIpc) is 3.15. The summed E-state index contributed by atoms with van der Waals surface area (Å²) in [5.74, 6) is 2.08. The molecule has 1 fully saturated rings. The summed E-state index contributed by atoms with van der Waals surface area (Å²) >= 11 is 0. The van der Waals surface area contributed by atoms with Crippen LogP contribution < -0.4 is 25.0 Å². The van der Waals surface area contributed by atoms with Crippen LogP contribution in [0.2, 0.25) is 0 Å². The molecule has 2 heterocycles. The highest BCUT2D eigenvalue weighted by atomic mass is 16.7. The largest absolute Gasteiger partial charge is 0.454 e. The SMILES string of the molecule is CC1CCN(c2ccc(NCC(=O)Nc3ccc4c(c3)OCO4)cc2)CC1. The molecule has 2 aromatic carbocycles. The Balaban J connectivity index is 1.27. The molecule has 0 spiro atoms. The molecule has 6 heteroatoms. The Labute approximate surface area is 159 Å². The molecule has 27 heavy (non-hydrogen) atoms. The van der Waals surface area contributed by atoms with Crippen LogP contribution in [0.5, 0.6) is 11.5 Å². The van der Waals surface area contributed by atoms with Crippen LogP contribution in [0.1, 0.15) is 19.8 Å². The van der Waals surface area contributed by atoms with Crippen molar-refractivity contribution in [3.05, 3.63) is 42.5 Å². The minimum atomic E-state index is -0.108. The van der Waals surface area contributed by atoms with E-state index in [1.165, 1.54) is 18.5 Å². The van der Waals surface area contributed by atoms with Crippen LogP contribution in [0.25, 0.3) is 0 Å². The molecular weight excluding hydrogens is 342 g/mol. The number of benzene rings is 2. The second-order valence-electron chi connectivity index (χ2n) is 7.19. The summed E-state index contributed by atoms with van der Waals surface area (Å²) in [6.07, 6.45) is 2.50. The van der Waals surface area contributed by atoms with E-state index in [-0.39, 0.29) is 19.2 Å². The van der Waals surface area contributed by atoms with Gasteiger partial charge in [-0.3, -0.25) is 4.79 Å². The lowest BCUT2D eigenvalue weighted by Gasteiger charge is -2.32. The lowest BCUT2D eigenvalue weighted by atomic mass is 9.99. The van der Waals surface area contributed by atoms with Gasteiger partial charge in [-0.05, 0) is 55.2 Å². The molecule has 1 saturated heterocycles. The fourth-order valence-corrected chi connectivity index (χ4v) is 3.42. The molecule has 2 aromatic rings. The smallest absolute Gasteiger partial charge is 0.243 e. The molecule has 0 unspecified atom stereocenters. The third kappa shape index (κ3) is 4.27. The Morgan fingerprint density at radius 2 is 1.74 bits per heavy atom. The first kappa shape index (κ1) is 17.5. The van der Waals surface area contributed by atoms with E-state index < -0.39 is 0 Å². The minimum Gasteiger partial charge on any atom is -0.454 e. The van der Waals surface area contributed by atoms with Gasteiger partial charge in [0.25, 0.3) is 0 Å². The quantitative estimate of drug-likeness (QED) is 0.844. The van der Waals surface area contributed by atoms with Gasteiger partial charge < -0.3 is 25.0 Å². The third-order valence-electron chi connectivity index (χ3n) is 5.13. The molecule has 0 saturated carbocycles. The number of nitrogens with zero attached hydrogens (tertiary/aromatic N) is 1. The highest BCUT2D eigenvalue weighted by Crippen LogP contribution is 2.34. The number of hydrogen-bond donors (Lipinski definition) is 2. The summed E-state index contributed by atoms with van der Waals surface area (Å²) in [6, 6.07) is 13.7. The van der Waals surface area contributed by atoms with Crippen LogP contribution >= 0.6 is 0 Å². The van der Waals surface area contributed by atoms with Crippen molar-refractivity contribution in [1.82, 2.24) is 0 Å². The van der Waals surface area contributed by atoms with Crippen molar-refractivity contribution < 1.29 is 14.3 Å². The monoisotopic (exact) mass is 367 g/mol. The molecule has 2 aliphatic rings. The number of fused-ring (bicyclic) bond motifs is 1. The van der Waals surface area contributed by atoms with Crippen LogP contribution in [0.15, 0.2) is 42.5 Å². The average molecular weight is 367 g/mol. The Kier molecular flexibility index (Phi) is 5.05. The van der Waals surface area contributed by atoms with Crippen molar-refractivity contribution in [2.24, 2.45) is 5.92 Å². The highest BCUT2D eigenvalue weighted by Gasteiger charge is 2.16. The van der Waals surface area contributed by atoms with Crippen LogP contribution in [-0.2, 0) is 4.79 Å². The van der Waals surface area contributed by atoms with E-state index in [2.05, 4.69) is 34.6 Å². The molecule has 142 valence electrons. The van der Waals surface area contributed by atoms with Crippen molar-refractivity contribution in [3.8, 4) is 11.5 Å². The summed E-state index contributed by atoms with van der Waals surface area (Å²) in [5.41, 5.74) is 2.88. The summed E-state index contributed by atoms with van der Waals surface area (Å²) in [5, 5.41) is 6.03. The molecule has 1 amide bonds. The zero-order valence-electron chi connectivity index (χ0n) is 15.5. The summed E-state index contributed by atoms with van der Waals surface area (Å²) in [6.45, 7) is 4.98. The number of nitrogens with one attached hydrogen (secondary N) is 2. The van der Waals surface area contributed by atoms with Crippen molar-refractivity contribution in [1.29, 1.82) is 0 Å². The summed E-state index contributed by atoms with van der Waals surface area (Å²) < 4.78 is 10.6. The number of amides is 1. The maximum atomic E-state index is 12.2. The van der Waals surface area contributed by atoms with E-state index >= 15 is 0 Å². The molecule has 4 rings (SSSR count). The van der Waals surface area contributed by atoms with Crippen molar-refractivity contribution in [3.63, 3.8) is 0 Å². The third-order valence-corrected chi connectivity index (χ3v) is 5.13. The second kappa shape index (κ2) is 7.78. The van der Waals surface area contributed by atoms with Crippen LogP contribution in [0.3, 0.4) is 0 Å². The van der Waals surface area contributed by atoms with E-state index in [9.17, 15) is 4.79 Å². The highest BCUT2D eigenvalue weighted by molar-refractivity contribution is 5.94. The maximum Gasteiger partial charge on any atom is 0.243 e. The lowest BCUT2D eigenvalue weighted by molar-refractivity contribution is -0.114. The van der Waals surface area contributed by atoms with E-state index in [1.54, 1.807) is 18.2 Å². The predicted molar refractivity (Wildman–Crippen MR) is 107 cm³/mol. The van der Waals surface area contributed by atoms with E-state index in [0.717, 1.165) is 24.7 Å². The van der Waals surface area contributed by atoms with E-state index in [1.807, 2.05) is 12.1 Å². The number of rotatable bonds is 5. The van der Waals surface area contributed by atoms with Gasteiger partial charge >= 0.3 is 0 Å². The Bertz CT molecular complexity index is 799. The zero-order chi connectivity index (χ0) is 18.6. The fraction of sp³-hybridized carbons (Fsp3) is 0.381. The van der Waals surface area contributed by atoms with Crippen molar-refractivity contribution >= 4 is 23.0 Å². The first-order valence-corrected chi connectivity index (χ1v) is 9.46. The molecule has 0 aliphatic carbocycles. The minimum absolute atomic E-state index is 0.108. The molecular formula is C21H25N3O3. The summed E-state index contributed by atoms with van der Waals surface area (Å²) in [7, 11) is 0. The Hall–Kier alpha value is -2.89. The number of piperidine rings is 1. The summed E-state index contributed by atoms with van der Waals surface area (Å²) in [4.78, 5) is 14.6. The van der Waals surface area contributed by atoms with Gasteiger partial charge in [0.2, 0.25) is 12.7 Å². The number of hydrogen-bond acceptors (Lipinski definition) is 5. The standard InChI is InChI=1S/C21H25N3O3/c1-15-8-10-24(11-9-15)18-5-2-16(3-6-18)22-13-21(25)23-17-4-7-19-20(12-17)27-14-26-19/h2-7,12,15,22H,8-11,13-14H2,1H3,(H,23,25). The van der Waals surface area contributed by atoms with E-state index in [0.29, 0.717) is 17.2 Å². The van der Waals surface area contributed by atoms with Crippen LogP contribution in [-0.4, -0.2) is 32.3 Å². The number of ether oxygens (including phenoxy) is 2. The van der Waals surface area contributed by atoms with Gasteiger partial charge in [-0.25, -0.2) is 0 Å². The first-order chi connectivity index (χ1) is 13.2. The van der Waals surface area contributed by atoms with Gasteiger partial charge in [-0.15, -0.1) is 0 Å². The number of carbonyl (C=O) groups excluding carboxylic acids is 1. The van der Waals surface area contributed by atoms with Crippen LogP contribution in [0, 0.1) is 5.92 Å². The molecule has 0 aromatic heterocycles. The zero-order valence-corrected chi connectivity index (χ0v) is 15.5. The number of anilines is 3. The molecule has 0 atom stereocenters. The van der Waals surface area contributed by atoms with Gasteiger partial charge in [0.05, 0.1) is 6.54 Å². The molecule has 0 radical (unpaired) electrons. The van der Waals surface area contributed by atoms with Gasteiger partial charge in [-0.2, -0.15) is 0 Å². The normalized spacial score (nSPS) is 16.3. The van der Waals surface area contributed by atoms with Gasteiger partial charge in [0.15, 0.2) is 11.5 Å². The second-order valence-corrected chi connectivity index (χ2v) is 7.19. The van der Waals surface area contributed by atoms with Gasteiger partial charge in [0, 0.05) is 36.2 Å². The maximum absolute atomic E-state index is 12.2. The van der Waals surface area contributed by atoms with Gasteiger partial charge in [0.1, 0.15) is 0 Å². The molecule has 2 N–H and O–H groups in total. The topological polar surface area (TPSA) is 62.8 Å². The molecule has 6 nitrogen and oxygen atoms in total. The van der Waals surface area contributed by atoms with Crippen molar-refractivity contribution in [2.45, 2.75) is 19.8 Å². The lowest BCUT2D eigenvalue weighted by Crippen LogP contribution is -2.32. The predicted octanol–water partition coefficient (Wildman–Crippen LogP) is 3.70. The van der Waals surface area contributed by atoms with Crippen LogP contribution in [0.4, 0.5) is 17.1 Å². The Morgan fingerprint density at radius 3 is 2.52 bits per heavy atom. The van der Waals surface area contributed by atoms with Crippen molar-refractivity contribution in [2.75, 3.05) is 42.0 Å². The fourth-order valence-electron chi connectivity index (χ4n) is 3.42. The first-order valence-electron chi connectivity index (χ1n) is 9.46. The molecule has 0 bridgehead atoms. The van der Waals surface area contributed by atoms with Gasteiger partial charge in [-0.1, -0.05) is 6.92 Å². The Morgan fingerprint density at radius 1 is 1.04 bits per heavy atom. The van der Waals surface area contributed by atoms with E-state index in [4.69, 9.17) is 9.47 Å².